The van der Waals surface area contributed by atoms with Crippen LogP contribution in [-0.2, 0) is 23.5 Å². The van der Waals surface area contributed by atoms with Crippen LogP contribution in [0.4, 0.5) is 0 Å². The van der Waals surface area contributed by atoms with Crippen molar-refractivity contribution >= 4 is 11.6 Å². The van der Waals surface area contributed by atoms with Crippen molar-refractivity contribution in [3.8, 4) is 0 Å². The van der Waals surface area contributed by atoms with Crippen molar-refractivity contribution in [3.63, 3.8) is 0 Å². The summed E-state index contributed by atoms with van der Waals surface area (Å²) in [4.78, 5) is 0. The molecule has 0 aliphatic heterocycles. The number of nitrogens with zero attached hydrogens (tertiary/aromatic N) is 2. The van der Waals surface area contributed by atoms with E-state index in [4.69, 9.17) is 21.4 Å². The summed E-state index contributed by atoms with van der Waals surface area (Å²) in [6.07, 6.45) is 2.90. The summed E-state index contributed by atoms with van der Waals surface area (Å²) < 4.78 is 7.26. The second-order valence-electron chi connectivity index (χ2n) is 4.29. The van der Waals surface area contributed by atoms with Gasteiger partial charge in [-0.1, -0.05) is 13.8 Å². The fraction of sp³-hybridized carbons (Fsp3) is 0.769. The van der Waals surface area contributed by atoms with E-state index in [0.29, 0.717) is 11.9 Å². The molecule has 1 unspecified atom stereocenters. The lowest BCUT2D eigenvalue weighted by Crippen LogP contribution is -2.12. The summed E-state index contributed by atoms with van der Waals surface area (Å²) in [7, 11) is 1.73. The molecule has 0 aromatic carbocycles. The van der Waals surface area contributed by atoms with Gasteiger partial charge < -0.3 is 4.74 Å². The molecular weight excluding hydrogens is 236 g/mol. The molecule has 17 heavy (non-hydrogen) atoms. The minimum atomic E-state index is 0.368. The number of methoxy groups -OCH3 is 1. The number of rotatable bonds is 7. The molecule has 0 aliphatic rings. The summed E-state index contributed by atoms with van der Waals surface area (Å²) >= 11 is 6.04. The Morgan fingerprint density at radius 2 is 2.06 bits per heavy atom. The first kappa shape index (κ1) is 14.5. The number of halogens is 1. The Labute approximate surface area is 109 Å². The van der Waals surface area contributed by atoms with Crippen molar-refractivity contribution in [2.75, 3.05) is 13.7 Å². The van der Waals surface area contributed by atoms with E-state index in [9.17, 15) is 0 Å². The molecule has 3 nitrogen and oxygen atoms in total. The van der Waals surface area contributed by atoms with Crippen molar-refractivity contribution in [2.24, 2.45) is 0 Å². The average Bonchev–Trinajstić information content (AvgIpc) is 2.73. The zero-order valence-corrected chi connectivity index (χ0v) is 12.0. The highest BCUT2D eigenvalue weighted by Gasteiger charge is 2.17. The van der Waals surface area contributed by atoms with Crippen molar-refractivity contribution in [2.45, 2.75) is 52.0 Å². The molecule has 0 bridgehead atoms. The minimum Gasteiger partial charge on any atom is -0.385 e. The van der Waals surface area contributed by atoms with Crippen LogP contribution in [0.5, 0.6) is 0 Å². The van der Waals surface area contributed by atoms with Crippen LogP contribution in [0.15, 0.2) is 0 Å². The van der Waals surface area contributed by atoms with Gasteiger partial charge in [-0.15, -0.1) is 11.6 Å². The summed E-state index contributed by atoms with van der Waals surface area (Å²) in [6.45, 7) is 7.23. The van der Waals surface area contributed by atoms with Gasteiger partial charge >= 0.3 is 0 Å². The van der Waals surface area contributed by atoms with Crippen LogP contribution in [0.2, 0.25) is 0 Å². The molecule has 0 fully saturated rings. The third kappa shape index (κ3) is 3.23. The van der Waals surface area contributed by atoms with Gasteiger partial charge in [-0.05, 0) is 26.2 Å². The lowest BCUT2D eigenvalue weighted by molar-refractivity contribution is 0.178. The maximum absolute atomic E-state index is 6.04. The summed E-state index contributed by atoms with van der Waals surface area (Å²) in [5.74, 6) is 0.559. The molecular formula is C13H23ClN2O. The second kappa shape index (κ2) is 7.02. The second-order valence-corrected chi connectivity index (χ2v) is 4.56. The van der Waals surface area contributed by atoms with Crippen LogP contribution in [0.1, 0.15) is 50.2 Å². The van der Waals surface area contributed by atoms with E-state index in [1.54, 1.807) is 7.11 Å². The Balaban J connectivity index is 3.01. The van der Waals surface area contributed by atoms with Crippen molar-refractivity contribution in [1.82, 2.24) is 9.78 Å². The first-order valence-electron chi connectivity index (χ1n) is 6.33. The van der Waals surface area contributed by atoms with Crippen molar-refractivity contribution in [3.05, 3.63) is 17.0 Å². The molecule has 98 valence electrons. The molecule has 0 amide bonds. The maximum atomic E-state index is 6.04. The predicted molar refractivity (Wildman–Crippen MR) is 71.7 cm³/mol. The first-order chi connectivity index (χ1) is 8.19. The topological polar surface area (TPSA) is 27.1 Å². The third-order valence-corrected chi connectivity index (χ3v) is 3.43. The Bertz CT molecular complexity index is 349. The zero-order chi connectivity index (χ0) is 12.8. The smallest absolute Gasteiger partial charge is 0.0669 e. The Hall–Kier alpha value is -0.540. The SMILES string of the molecule is CCc1nn(C(C)CCOC)c(CC)c1CCl. The number of hydrogen-bond acceptors (Lipinski definition) is 2. The molecule has 1 aromatic rings. The van der Waals surface area contributed by atoms with Crippen LogP contribution in [0.25, 0.3) is 0 Å². The van der Waals surface area contributed by atoms with E-state index < -0.39 is 0 Å². The molecule has 0 spiro atoms. The van der Waals surface area contributed by atoms with Gasteiger partial charge in [0.25, 0.3) is 0 Å². The monoisotopic (exact) mass is 258 g/mol. The normalized spacial score (nSPS) is 13.0. The molecule has 1 heterocycles. The fourth-order valence-electron chi connectivity index (χ4n) is 2.14. The number of ether oxygens (including phenoxy) is 1. The third-order valence-electron chi connectivity index (χ3n) is 3.16. The van der Waals surface area contributed by atoms with Crippen LogP contribution in [0.3, 0.4) is 0 Å². The van der Waals surface area contributed by atoms with Crippen LogP contribution < -0.4 is 0 Å². The standard InChI is InChI=1S/C13H23ClN2O/c1-5-12-11(9-14)13(6-2)16(15-12)10(3)7-8-17-4/h10H,5-9H2,1-4H3. The Morgan fingerprint density at radius 3 is 2.53 bits per heavy atom. The lowest BCUT2D eigenvalue weighted by Gasteiger charge is -2.15. The number of alkyl halides is 1. The number of aromatic nitrogens is 2. The average molecular weight is 259 g/mol. The number of aryl methyl sites for hydroxylation is 1. The quantitative estimate of drug-likeness (QED) is 0.702. The van der Waals surface area contributed by atoms with Crippen LogP contribution in [0, 0.1) is 0 Å². The molecule has 0 N–H and O–H groups in total. The van der Waals surface area contributed by atoms with Gasteiger partial charge in [0, 0.05) is 25.0 Å². The van der Waals surface area contributed by atoms with E-state index in [1.807, 2.05) is 0 Å². The Morgan fingerprint density at radius 1 is 1.35 bits per heavy atom. The first-order valence-corrected chi connectivity index (χ1v) is 6.86. The van der Waals surface area contributed by atoms with Gasteiger partial charge in [-0.3, -0.25) is 4.68 Å². The predicted octanol–water partition coefficient (Wildman–Crippen LogP) is 3.34. The van der Waals surface area contributed by atoms with Crippen LogP contribution in [-0.4, -0.2) is 23.5 Å². The van der Waals surface area contributed by atoms with Gasteiger partial charge in [0.1, 0.15) is 0 Å². The van der Waals surface area contributed by atoms with Gasteiger partial charge in [-0.25, -0.2) is 0 Å². The fourth-order valence-corrected chi connectivity index (χ4v) is 2.45. The molecule has 1 atom stereocenters. The van der Waals surface area contributed by atoms with Crippen molar-refractivity contribution < 1.29 is 4.74 Å². The van der Waals surface area contributed by atoms with E-state index in [2.05, 4.69) is 25.5 Å². The van der Waals surface area contributed by atoms with E-state index in [-0.39, 0.29) is 0 Å². The van der Waals surface area contributed by atoms with Gasteiger partial charge in [0.2, 0.25) is 0 Å². The summed E-state index contributed by atoms with van der Waals surface area (Å²) in [6, 6.07) is 0.368. The number of hydrogen-bond donors (Lipinski definition) is 0. The lowest BCUT2D eigenvalue weighted by atomic mass is 10.1. The zero-order valence-electron chi connectivity index (χ0n) is 11.3. The molecule has 4 heteroatoms. The minimum absolute atomic E-state index is 0.368. The van der Waals surface area contributed by atoms with E-state index >= 15 is 0 Å². The molecule has 0 radical (unpaired) electrons. The van der Waals surface area contributed by atoms with E-state index in [1.165, 1.54) is 11.3 Å². The maximum Gasteiger partial charge on any atom is 0.0669 e. The summed E-state index contributed by atoms with van der Waals surface area (Å²) in [5.41, 5.74) is 3.64. The van der Waals surface area contributed by atoms with E-state index in [0.717, 1.165) is 31.6 Å². The van der Waals surface area contributed by atoms with Gasteiger partial charge in [0.05, 0.1) is 17.6 Å². The van der Waals surface area contributed by atoms with Crippen molar-refractivity contribution in [1.29, 1.82) is 0 Å². The molecule has 0 saturated heterocycles. The molecule has 1 rings (SSSR count). The van der Waals surface area contributed by atoms with Crippen LogP contribution >= 0.6 is 11.6 Å². The van der Waals surface area contributed by atoms with Gasteiger partial charge in [0.15, 0.2) is 0 Å². The highest BCUT2D eigenvalue weighted by Crippen LogP contribution is 2.23. The highest BCUT2D eigenvalue weighted by atomic mass is 35.5. The highest BCUT2D eigenvalue weighted by molar-refractivity contribution is 6.17. The molecule has 0 aliphatic carbocycles. The largest absolute Gasteiger partial charge is 0.385 e. The molecule has 0 saturated carbocycles. The van der Waals surface area contributed by atoms with Gasteiger partial charge in [-0.2, -0.15) is 5.10 Å². The summed E-state index contributed by atoms with van der Waals surface area (Å²) in [5, 5.41) is 4.70. The Kier molecular flexibility index (Phi) is 6.00. The molecule has 1 aromatic heterocycles.